The Labute approximate surface area is 118 Å². The van der Waals surface area contributed by atoms with Gasteiger partial charge in [0.2, 0.25) is 0 Å². The van der Waals surface area contributed by atoms with Gasteiger partial charge in [-0.05, 0) is 17.5 Å². The van der Waals surface area contributed by atoms with Crippen molar-refractivity contribution in [2.45, 2.75) is 25.6 Å². The van der Waals surface area contributed by atoms with Gasteiger partial charge in [-0.1, -0.05) is 24.3 Å². The highest BCUT2D eigenvalue weighted by molar-refractivity contribution is 5.31. The lowest BCUT2D eigenvalue weighted by Crippen LogP contribution is -2.28. The smallest absolute Gasteiger partial charge is 0.115 e. The average Bonchev–Trinajstić information content (AvgIpc) is 2.90. The molecule has 4 nitrogen and oxygen atoms in total. The van der Waals surface area contributed by atoms with Crippen molar-refractivity contribution in [1.82, 2.24) is 14.9 Å². The van der Waals surface area contributed by atoms with Crippen LogP contribution in [-0.4, -0.2) is 28.0 Å². The first-order valence-electron chi connectivity index (χ1n) is 7.09. The van der Waals surface area contributed by atoms with Crippen molar-refractivity contribution in [1.29, 1.82) is 0 Å². The molecule has 2 aliphatic heterocycles. The fourth-order valence-electron chi connectivity index (χ4n) is 3.16. The third-order valence-electron chi connectivity index (χ3n) is 4.17. The lowest BCUT2D eigenvalue weighted by molar-refractivity contribution is 0.0149. The Balaban J connectivity index is 1.52. The molecule has 1 aromatic heterocycles. The molecule has 0 amide bonds. The standard InChI is InChI=1S/C16H17N3O/c1-2-4-14-12(3-1)5-6-20-16(14)10-19-8-13-7-17-11-18-15(13)9-19/h1-4,7,11,16H,5-6,8-10H2. The van der Waals surface area contributed by atoms with Crippen LogP contribution >= 0.6 is 0 Å². The van der Waals surface area contributed by atoms with Gasteiger partial charge >= 0.3 is 0 Å². The van der Waals surface area contributed by atoms with Gasteiger partial charge in [-0.25, -0.2) is 9.97 Å². The maximum Gasteiger partial charge on any atom is 0.115 e. The minimum Gasteiger partial charge on any atom is -0.372 e. The molecule has 3 heterocycles. The maximum atomic E-state index is 5.99. The zero-order valence-electron chi connectivity index (χ0n) is 11.3. The number of nitrogens with zero attached hydrogens (tertiary/aromatic N) is 3. The van der Waals surface area contributed by atoms with Gasteiger partial charge in [0.25, 0.3) is 0 Å². The average molecular weight is 267 g/mol. The number of aromatic nitrogens is 2. The molecule has 0 spiro atoms. The van der Waals surface area contributed by atoms with Crippen LogP contribution in [0.15, 0.2) is 36.8 Å². The highest BCUT2D eigenvalue weighted by Crippen LogP contribution is 2.30. The zero-order chi connectivity index (χ0) is 13.4. The van der Waals surface area contributed by atoms with E-state index >= 15 is 0 Å². The van der Waals surface area contributed by atoms with Crippen LogP contribution in [0.4, 0.5) is 0 Å². The summed E-state index contributed by atoms with van der Waals surface area (Å²) in [5, 5.41) is 0. The van der Waals surface area contributed by atoms with Crippen molar-refractivity contribution in [2.75, 3.05) is 13.2 Å². The molecule has 4 heteroatoms. The summed E-state index contributed by atoms with van der Waals surface area (Å²) in [5.41, 5.74) is 5.18. The van der Waals surface area contributed by atoms with Crippen LogP contribution in [0.5, 0.6) is 0 Å². The lowest BCUT2D eigenvalue weighted by Gasteiger charge is -2.29. The Kier molecular flexibility index (Phi) is 2.98. The van der Waals surface area contributed by atoms with E-state index in [0.717, 1.165) is 38.4 Å². The van der Waals surface area contributed by atoms with Crippen LogP contribution in [0.1, 0.15) is 28.5 Å². The maximum absolute atomic E-state index is 5.99. The van der Waals surface area contributed by atoms with Crippen LogP contribution in [0.2, 0.25) is 0 Å². The zero-order valence-corrected chi connectivity index (χ0v) is 11.3. The van der Waals surface area contributed by atoms with Gasteiger partial charge in [-0.15, -0.1) is 0 Å². The topological polar surface area (TPSA) is 38.2 Å². The van der Waals surface area contributed by atoms with Crippen molar-refractivity contribution >= 4 is 0 Å². The molecule has 2 aliphatic rings. The third kappa shape index (κ3) is 2.11. The molecule has 0 bridgehead atoms. The van der Waals surface area contributed by atoms with Gasteiger partial charge in [-0.2, -0.15) is 0 Å². The lowest BCUT2D eigenvalue weighted by atomic mass is 9.97. The second kappa shape index (κ2) is 4.96. The number of benzene rings is 1. The predicted molar refractivity (Wildman–Crippen MR) is 75.0 cm³/mol. The molecule has 1 atom stereocenters. The summed E-state index contributed by atoms with van der Waals surface area (Å²) in [6, 6.07) is 8.63. The first-order valence-corrected chi connectivity index (χ1v) is 7.09. The normalized spacial score (nSPS) is 21.5. The Morgan fingerprint density at radius 2 is 2.15 bits per heavy atom. The van der Waals surface area contributed by atoms with Gasteiger partial charge in [0.15, 0.2) is 0 Å². The molecule has 102 valence electrons. The van der Waals surface area contributed by atoms with Crippen LogP contribution in [0, 0.1) is 0 Å². The number of rotatable bonds is 2. The first kappa shape index (κ1) is 12.0. The highest BCUT2D eigenvalue weighted by Gasteiger charge is 2.26. The Morgan fingerprint density at radius 3 is 3.10 bits per heavy atom. The molecule has 0 saturated heterocycles. The monoisotopic (exact) mass is 267 g/mol. The summed E-state index contributed by atoms with van der Waals surface area (Å²) in [4.78, 5) is 10.9. The quantitative estimate of drug-likeness (QED) is 0.835. The molecular formula is C16H17N3O. The van der Waals surface area contributed by atoms with Gasteiger partial charge in [-0.3, -0.25) is 4.90 Å². The second-order valence-electron chi connectivity index (χ2n) is 5.47. The SMILES string of the molecule is c1ccc2c(c1)CCOC2CN1Cc2cncnc2C1. The highest BCUT2D eigenvalue weighted by atomic mass is 16.5. The van der Waals surface area contributed by atoms with Crippen molar-refractivity contribution in [2.24, 2.45) is 0 Å². The van der Waals surface area contributed by atoms with E-state index in [1.54, 1.807) is 6.33 Å². The van der Waals surface area contributed by atoms with Crippen molar-refractivity contribution < 1.29 is 4.74 Å². The van der Waals surface area contributed by atoms with Crippen LogP contribution < -0.4 is 0 Å². The minimum atomic E-state index is 0.183. The van der Waals surface area contributed by atoms with Gasteiger partial charge in [0.1, 0.15) is 6.33 Å². The molecular weight excluding hydrogens is 250 g/mol. The summed E-state index contributed by atoms with van der Waals surface area (Å²) in [7, 11) is 0. The van der Waals surface area contributed by atoms with E-state index in [9.17, 15) is 0 Å². The number of fused-ring (bicyclic) bond motifs is 2. The van der Waals surface area contributed by atoms with Crippen LogP contribution in [0.3, 0.4) is 0 Å². The summed E-state index contributed by atoms with van der Waals surface area (Å²) in [5.74, 6) is 0. The molecule has 0 saturated carbocycles. The third-order valence-corrected chi connectivity index (χ3v) is 4.17. The minimum absolute atomic E-state index is 0.183. The summed E-state index contributed by atoms with van der Waals surface area (Å²) >= 11 is 0. The van der Waals surface area contributed by atoms with E-state index in [1.807, 2.05) is 6.20 Å². The fourth-order valence-corrected chi connectivity index (χ4v) is 3.16. The summed E-state index contributed by atoms with van der Waals surface area (Å²) in [6.07, 6.45) is 4.77. The number of hydrogen-bond donors (Lipinski definition) is 0. The van der Waals surface area contributed by atoms with Crippen LogP contribution in [0.25, 0.3) is 0 Å². The number of ether oxygens (including phenoxy) is 1. The Bertz CT molecular complexity index is 604. The molecule has 0 radical (unpaired) electrons. The van der Waals surface area contributed by atoms with E-state index in [2.05, 4.69) is 39.1 Å². The molecule has 0 aliphatic carbocycles. The molecule has 0 fully saturated rings. The van der Waals surface area contributed by atoms with E-state index in [0.29, 0.717) is 0 Å². The fraction of sp³-hybridized carbons (Fsp3) is 0.375. The van der Waals surface area contributed by atoms with Gasteiger partial charge in [0, 0.05) is 31.4 Å². The van der Waals surface area contributed by atoms with E-state index in [1.165, 1.54) is 16.7 Å². The van der Waals surface area contributed by atoms with Gasteiger partial charge < -0.3 is 4.74 Å². The van der Waals surface area contributed by atoms with Gasteiger partial charge in [0.05, 0.1) is 18.4 Å². The molecule has 1 unspecified atom stereocenters. The van der Waals surface area contributed by atoms with Crippen molar-refractivity contribution in [3.8, 4) is 0 Å². The molecule has 0 N–H and O–H groups in total. The molecule has 20 heavy (non-hydrogen) atoms. The van der Waals surface area contributed by atoms with E-state index in [4.69, 9.17) is 4.74 Å². The largest absolute Gasteiger partial charge is 0.372 e. The molecule has 2 aromatic rings. The number of hydrogen-bond acceptors (Lipinski definition) is 4. The second-order valence-corrected chi connectivity index (χ2v) is 5.47. The van der Waals surface area contributed by atoms with E-state index < -0.39 is 0 Å². The summed E-state index contributed by atoms with van der Waals surface area (Å²) in [6.45, 7) is 3.58. The predicted octanol–water partition coefficient (Wildman–Crippen LogP) is 2.11. The first-order chi connectivity index (χ1) is 9.90. The molecule has 4 rings (SSSR count). The van der Waals surface area contributed by atoms with E-state index in [-0.39, 0.29) is 6.10 Å². The van der Waals surface area contributed by atoms with Crippen molar-refractivity contribution in [3.05, 3.63) is 59.2 Å². The van der Waals surface area contributed by atoms with Crippen molar-refractivity contribution in [3.63, 3.8) is 0 Å². The Morgan fingerprint density at radius 1 is 1.20 bits per heavy atom. The Hall–Kier alpha value is -1.78. The summed E-state index contributed by atoms with van der Waals surface area (Å²) < 4.78 is 5.99. The molecule has 1 aromatic carbocycles. The van der Waals surface area contributed by atoms with Crippen LogP contribution in [-0.2, 0) is 24.2 Å².